The normalized spacial score (nSPS) is 24.2. The summed E-state index contributed by atoms with van der Waals surface area (Å²) < 4.78 is 6.32. The van der Waals surface area contributed by atoms with Gasteiger partial charge in [-0.3, -0.25) is 0 Å². The summed E-state index contributed by atoms with van der Waals surface area (Å²) in [4.78, 5) is 2.80. The van der Waals surface area contributed by atoms with E-state index in [-0.39, 0.29) is 20.4 Å². The van der Waals surface area contributed by atoms with E-state index in [1.54, 1.807) is 0 Å². The van der Waals surface area contributed by atoms with E-state index >= 15 is 0 Å². The van der Waals surface area contributed by atoms with Gasteiger partial charge in [0.05, 0.1) is 13.4 Å². The first-order valence-corrected chi connectivity index (χ1v) is 11.3. The first kappa shape index (κ1) is 12.5. The maximum absolute atomic E-state index is 6.32. The SMILES string of the molecule is c1ccc2c(c1)C[S+](O[S+]1Cc3ccccc3S1)S2. The van der Waals surface area contributed by atoms with E-state index in [9.17, 15) is 0 Å². The lowest BCUT2D eigenvalue weighted by Crippen LogP contribution is -2.06. The summed E-state index contributed by atoms with van der Waals surface area (Å²) in [5, 5.41) is 0. The van der Waals surface area contributed by atoms with E-state index in [1.165, 1.54) is 20.9 Å². The molecular weight excluding hydrogens is 312 g/mol. The van der Waals surface area contributed by atoms with E-state index in [0.29, 0.717) is 0 Å². The molecule has 0 bridgehead atoms. The third kappa shape index (κ3) is 2.54. The summed E-state index contributed by atoms with van der Waals surface area (Å²) in [7, 11) is 3.81. The molecule has 4 rings (SSSR count). The predicted molar refractivity (Wildman–Crippen MR) is 87.8 cm³/mol. The van der Waals surface area contributed by atoms with Crippen LogP contribution in [0.25, 0.3) is 0 Å². The lowest BCUT2D eigenvalue weighted by Gasteiger charge is -1.91. The van der Waals surface area contributed by atoms with Crippen LogP contribution in [-0.2, 0) is 35.6 Å². The summed E-state index contributed by atoms with van der Waals surface area (Å²) in [6.45, 7) is 0. The Hall–Kier alpha value is -0.200. The molecule has 0 amide bonds. The molecule has 0 N–H and O–H groups in total. The molecule has 2 heterocycles. The van der Waals surface area contributed by atoms with Crippen molar-refractivity contribution in [1.82, 2.24) is 0 Å². The van der Waals surface area contributed by atoms with E-state index in [0.717, 1.165) is 11.5 Å². The van der Waals surface area contributed by atoms with Gasteiger partial charge in [-0.05, 0) is 12.1 Å². The second kappa shape index (κ2) is 5.30. The molecule has 19 heavy (non-hydrogen) atoms. The summed E-state index contributed by atoms with van der Waals surface area (Å²) in [5.41, 5.74) is 2.89. The summed E-state index contributed by atoms with van der Waals surface area (Å²) in [5.74, 6) is 2.14. The van der Waals surface area contributed by atoms with Gasteiger partial charge in [0, 0.05) is 11.1 Å². The summed E-state index contributed by atoms with van der Waals surface area (Å²) >= 11 is 0. The second-order valence-electron chi connectivity index (χ2n) is 4.35. The zero-order valence-corrected chi connectivity index (χ0v) is 13.3. The molecule has 0 spiro atoms. The van der Waals surface area contributed by atoms with Crippen molar-refractivity contribution >= 4 is 42.0 Å². The Balaban J connectivity index is 1.43. The highest BCUT2D eigenvalue weighted by molar-refractivity contribution is 8.78. The average Bonchev–Trinajstić information content (AvgIpc) is 3.00. The number of rotatable bonds is 2. The van der Waals surface area contributed by atoms with Crippen LogP contribution in [0.3, 0.4) is 0 Å². The monoisotopic (exact) mass is 324 g/mol. The van der Waals surface area contributed by atoms with Gasteiger partial charge in [0.2, 0.25) is 0 Å². The Morgan fingerprint density at radius 1 is 0.737 bits per heavy atom. The Bertz CT molecular complexity index is 512. The molecule has 2 atom stereocenters. The minimum atomic E-state index is 0.00628. The molecule has 2 aliphatic heterocycles. The molecule has 0 saturated carbocycles. The Kier molecular flexibility index (Phi) is 3.49. The van der Waals surface area contributed by atoms with Crippen LogP contribution in [0.15, 0.2) is 58.3 Å². The number of fused-ring (bicyclic) bond motifs is 2. The van der Waals surface area contributed by atoms with Crippen LogP contribution in [0.4, 0.5) is 0 Å². The first-order chi connectivity index (χ1) is 9.38. The zero-order valence-electron chi connectivity index (χ0n) is 10.1. The number of hydrogen-bond donors (Lipinski definition) is 0. The fourth-order valence-corrected chi connectivity index (χ4v) is 11.2. The highest BCUT2D eigenvalue weighted by Crippen LogP contribution is 2.47. The zero-order chi connectivity index (χ0) is 12.7. The van der Waals surface area contributed by atoms with Crippen molar-refractivity contribution in [2.24, 2.45) is 0 Å². The van der Waals surface area contributed by atoms with E-state index in [1.807, 2.05) is 21.6 Å². The molecule has 2 aromatic rings. The van der Waals surface area contributed by atoms with Crippen molar-refractivity contribution in [3.8, 4) is 0 Å². The van der Waals surface area contributed by atoms with Crippen molar-refractivity contribution in [2.45, 2.75) is 21.3 Å². The van der Waals surface area contributed by atoms with E-state index in [4.69, 9.17) is 3.63 Å². The lowest BCUT2D eigenvalue weighted by atomic mass is 10.2. The molecule has 0 fully saturated rings. The van der Waals surface area contributed by atoms with Gasteiger partial charge in [0.15, 0.2) is 33.1 Å². The maximum Gasteiger partial charge on any atom is 0.289 e. The van der Waals surface area contributed by atoms with Crippen molar-refractivity contribution < 1.29 is 3.63 Å². The van der Waals surface area contributed by atoms with Crippen molar-refractivity contribution in [1.29, 1.82) is 0 Å². The van der Waals surface area contributed by atoms with Crippen LogP contribution >= 0.6 is 21.6 Å². The molecule has 2 aromatic carbocycles. The van der Waals surface area contributed by atoms with Gasteiger partial charge in [0.1, 0.15) is 0 Å². The van der Waals surface area contributed by atoms with Crippen LogP contribution in [-0.4, -0.2) is 0 Å². The van der Waals surface area contributed by atoms with Crippen LogP contribution in [0.5, 0.6) is 0 Å². The molecule has 0 aliphatic carbocycles. The van der Waals surface area contributed by atoms with Crippen LogP contribution in [0.2, 0.25) is 0 Å². The van der Waals surface area contributed by atoms with Gasteiger partial charge < -0.3 is 0 Å². The fraction of sp³-hybridized carbons (Fsp3) is 0.143. The first-order valence-electron chi connectivity index (χ1n) is 6.01. The molecule has 0 saturated heterocycles. The maximum atomic E-state index is 6.32. The molecule has 96 valence electrons. The molecule has 1 nitrogen and oxygen atoms in total. The standard InChI is InChI=1S/C14H12OS4/c1-3-7-13-11(5-1)9-18(16-13)15-19-10-12-6-2-4-8-14(12)17-19/h1-8H,9-10H2/q+2. The van der Waals surface area contributed by atoms with Gasteiger partial charge in [-0.15, -0.1) is 0 Å². The third-order valence-electron chi connectivity index (χ3n) is 3.01. The van der Waals surface area contributed by atoms with Gasteiger partial charge in [-0.1, -0.05) is 36.4 Å². The summed E-state index contributed by atoms with van der Waals surface area (Å²) in [6.07, 6.45) is 0. The predicted octanol–water partition coefficient (Wildman–Crippen LogP) is 4.51. The quantitative estimate of drug-likeness (QED) is 0.594. The Morgan fingerprint density at radius 2 is 1.21 bits per heavy atom. The fourth-order valence-electron chi connectivity index (χ4n) is 2.08. The average molecular weight is 325 g/mol. The van der Waals surface area contributed by atoms with Crippen LogP contribution in [0, 0.1) is 0 Å². The van der Waals surface area contributed by atoms with Gasteiger partial charge >= 0.3 is 0 Å². The topological polar surface area (TPSA) is 9.23 Å². The minimum absolute atomic E-state index is 0.00628. The van der Waals surface area contributed by atoms with Crippen molar-refractivity contribution in [3.05, 3.63) is 59.7 Å². The molecular formula is C14H12OS4+2. The van der Waals surface area contributed by atoms with Crippen molar-refractivity contribution in [3.63, 3.8) is 0 Å². The third-order valence-corrected chi connectivity index (χ3v) is 10.7. The minimum Gasteiger partial charge on any atom is -0.0617 e. The number of benzene rings is 2. The Labute approximate surface area is 126 Å². The molecule has 2 aliphatic rings. The van der Waals surface area contributed by atoms with E-state index in [2.05, 4.69) is 48.5 Å². The molecule has 0 aromatic heterocycles. The highest BCUT2D eigenvalue weighted by Gasteiger charge is 2.47. The molecule has 0 radical (unpaired) electrons. The van der Waals surface area contributed by atoms with Gasteiger partial charge in [-0.25, -0.2) is 0 Å². The van der Waals surface area contributed by atoms with Crippen LogP contribution < -0.4 is 0 Å². The second-order valence-corrected chi connectivity index (χ2v) is 11.1. The smallest absolute Gasteiger partial charge is 0.0617 e. The Morgan fingerprint density at radius 3 is 1.68 bits per heavy atom. The summed E-state index contributed by atoms with van der Waals surface area (Å²) in [6, 6.07) is 17.3. The lowest BCUT2D eigenvalue weighted by molar-refractivity contribution is 0.737. The van der Waals surface area contributed by atoms with E-state index < -0.39 is 0 Å². The highest BCUT2D eigenvalue weighted by atomic mass is 33.2. The van der Waals surface area contributed by atoms with Gasteiger partial charge in [-0.2, -0.15) is 0 Å². The molecule has 2 unspecified atom stereocenters. The largest absolute Gasteiger partial charge is 0.289 e. The van der Waals surface area contributed by atoms with Crippen molar-refractivity contribution in [2.75, 3.05) is 0 Å². The van der Waals surface area contributed by atoms with Crippen LogP contribution in [0.1, 0.15) is 11.1 Å². The van der Waals surface area contributed by atoms with Gasteiger partial charge in [0.25, 0.3) is 20.4 Å². The molecule has 5 heteroatoms. The number of hydrogen-bond acceptors (Lipinski definition) is 3.